The molecule has 3 heteroatoms. The van der Waals surface area contributed by atoms with E-state index in [2.05, 4.69) is 29.0 Å². The number of esters is 1. The fourth-order valence-corrected chi connectivity index (χ4v) is 0.936. The topological polar surface area (TPSA) is 46.5 Å². The Morgan fingerprint density at radius 3 is 1.86 bits per heavy atom. The molecule has 1 unspecified atom stereocenters. The van der Waals surface area contributed by atoms with Crippen molar-refractivity contribution in [3.05, 3.63) is 24.3 Å². The van der Waals surface area contributed by atoms with Crippen molar-refractivity contribution >= 4 is 5.97 Å². The molecule has 0 aliphatic heterocycles. The Morgan fingerprint density at radius 2 is 1.79 bits per heavy atom. The van der Waals surface area contributed by atoms with E-state index in [0.717, 1.165) is 0 Å². The summed E-state index contributed by atoms with van der Waals surface area (Å²) in [5, 5.41) is 8.41. The third-order valence-corrected chi connectivity index (χ3v) is 1.81. The van der Waals surface area contributed by atoms with Gasteiger partial charge >= 0.3 is 5.97 Å². The molecule has 0 heterocycles. The number of carbonyl (C=O) groups excluding carboxylic acids is 1. The number of rotatable bonds is 2. The van der Waals surface area contributed by atoms with Crippen LogP contribution in [0.4, 0.5) is 0 Å². The highest BCUT2D eigenvalue weighted by atomic mass is 16.6. The van der Waals surface area contributed by atoms with Crippen molar-refractivity contribution in [2.45, 2.75) is 26.6 Å². The van der Waals surface area contributed by atoms with Gasteiger partial charge in [-0.15, -0.1) is 0 Å². The summed E-state index contributed by atoms with van der Waals surface area (Å²) in [5.41, 5.74) is 2.85. The van der Waals surface area contributed by atoms with Gasteiger partial charge in [0.2, 0.25) is 0 Å². The van der Waals surface area contributed by atoms with Crippen LogP contribution in [0.5, 0.6) is 0 Å². The summed E-state index contributed by atoms with van der Waals surface area (Å²) in [6.07, 6.45) is -0.660. The lowest BCUT2D eigenvalue weighted by Gasteiger charge is -2.10. The lowest BCUT2D eigenvalue weighted by molar-refractivity contribution is -0.164. The molecule has 0 spiro atoms. The molecule has 76 valence electrons. The number of fused-ring (bicyclic) bond motifs is 1. The zero-order valence-corrected chi connectivity index (χ0v) is 8.36. The van der Waals surface area contributed by atoms with E-state index >= 15 is 0 Å². The molecule has 1 atom stereocenters. The first kappa shape index (κ1) is 10.7. The Labute approximate surface area is 83.3 Å². The highest BCUT2D eigenvalue weighted by Gasteiger charge is 2.04. The van der Waals surface area contributed by atoms with Gasteiger partial charge in [0.05, 0.1) is 0 Å². The van der Waals surface area contributed by atoms with Gasteiger partial charge in [-0.1, -0.05) is 31.2 Å². The maximum atomic E-state index is 10.2. The van der Waals surface area contributed by atoms with Crippen LogP contribution in [0.25, 0.3) is 11.1 Å². The molecule has 0 saturated heterocycles. The van der Waals surface area contributed by atoms with Crippen molar-refractivity contribution in [3.8, 4) is 11.1 Å². The fourth-order valence-electron chi connectivity index (χ4n) is 0.936. The molecule has 0 aromatic carbocycles. The van der Waals surface area contributed by atoms with Gasteiger partial charge < -0.3 is 9.84 Å². The molecule has 0 amide bonds. The van der Waals surface area contributed by atoms with Crippen molar-refractivity contribution in [2.24, 2.45) is 0 Å². The summed E-state index contributed by atoms with van der Waals surface area (Å²) < 4.78 is 4.32. The average molecular weight is 194 g/mol. The highest BCUT2D eigenvalue weighted by molar-refractivity contribution is 5.75. The van der Waals surface area contributed by atoms with Gasteiger partial charge in [-0.25, -0.2) is 0 Å². The van der Waals surface area contributed by atoms with Crippen LogP contribution in [0.15, 0.2) is 24.3 Å². The van der Waals surface area contributed by atoms with Crippen LogP contribution in [-0.2, 0) is 9.53 Å². The van der Waals surface area contributed by atoms with Gasteiger partial charge in [-0.3, -0.25) is 4.79 Å². The van der Waals surface area contributed by atoms with Gasteiger partial charge in [0.25, 0.3) is 0 Å². The molecular formula is C11H14O3. The smallest absolute Gasteiger partial charge is 0.307 e. The summed E-state index contributed by atoms with van der Waals surface area (Å²) in [5.74, 6) is -0.375. The highest BCUT2D eigenvalue weighted by Crippen LogP contribution is 2.29. The first-order chi connectivity index (χ1) is 6.63. The van der Waals surface area contributed by atoms with Crippen LogP contribution in [0.3, 0.4) is 0 Å². The molecule has 0 aromatic heterocycles. The van der Waals surface area contributed by atoms with Crippen molar-refractivity contribution < 1.29 is 14.6 Å². The summed E-state index contributed by atoms with van der Waals surface area (Å²) in [7, 11) is 0. The molecule has 3 nitrogen and oxygen atoms in total. The van der Waals surface area contributed by atoms with Gasteiger partial charge in [0, 0.05) is 6.42 Å². The van der Waals surface area contributed by atoms with Crippen LogP contribution in [0.1, 0.15) is 20.3 Å². The second-order valence-corrected chi connectivity index (χ2v) is 3.02. The SMILES string of the molecule is CCC(=O)OC(C)O.c1cc2ccc1-2. The Balaban J connectivity index is 0.000000143. The largest absolute Gasteiger partial charge is 0.436 e. The number of aliphatic hydroxyl groups excluding tert-OH is 1. The Hall–Kier alpha value is -1.35. The van der Waals surface area contributed by atoms with Crippen molar-refractivity contribution in [2.75, 3.05) is 0 Å². The Morgan fingerprint density at radius 1 is 1.36 bits per heavy atom. The van der Waals surface area contributed by atoms with Crippen LogP contribution in [-0.4, -0.2) is 17.4 Å². The van der Waals surface area contributed by atoms with Crippen molar-refractivity contribution in [3.63, 3.8) is 0 Å². The third-order valence-electron chi connectivity index (χ3n) is 1.81. The molecule has 14 heavy (non-hydrogen) atoms. The first-order valence-electron chi connectivity index (χ1n) is 4.61. The number of hydrogen-bond acceptors (Lipinski definition) is 3. The lowest BCUT2D eigenvalue weighted by atomic mass is 9.95. The predicted octanol–water partition coefficient (Wildman–Crippen LogP) is 1.94. The van der Waals surface area contributed by atoms with Gasteiger partial charge in [0.1, 0.15) is 0 Å². The quantitative estimate of drug-likeness (QED) is 0.587. The summed E-state index contributed by atoms with van der Waals surface area (Å²) in [4.78, 5) is 10.2. The molecule has 2 aliphatic carbocycles. The maximum Gasteiger partial charge on any atom is 0.307 e. The van der Waals surface area contributed by atoms with Gasteiger partial charge in [-0.2, -0.15) is 0 Å². The first-order valence-corrected chi connectivity index (χ1v) is 4.61. The maximum absolute atomic E-state index is 10.2. The minimum Gasteiger partial charge on any atom is -0.436 e. The van der Waals surface area contributed by atoms with Crippen LogP contribution in [0, 0.1) is 0 Å². The second-order valence-electron chi connectivity index (χ2n) is 3.02. The van der Waals surface area contributed by atoms with Crippen LogP contribution < -0.4 is 0 Å². The van der Waals surface area contributed by atoms with E-state index in [4.69, 9.17) is 5.11 Å². The van der Waals surface area contributed by atoms with E-state index < -0.39 is 6.29 Å². The Kier molecular flexibility index (Phi) is 3.65. The molecule has 0 aromatic rings. The van der Waals surface area contributed by atoms with Crippen molar-refractivity contribution in [1.82, 2.24) is 0 Å². The van der Waals surface area contributed by atoms with Gasteiger partial charge in [0.15, 0.2) is 6.29 Å². The number of hydrogen-bond donors (Lipinski definition) is 1. The van der Waals surface area contributed by atoms with E-state index in [1.807, 2.05) is 0 Å². The standard InChI is InChI=1S/C6H4.C5H10O3/c1-2-6-4-3-5(1)6;1-3-5(7)8-4(2)6/h1-4H;4,6H,3H2,1-2H3. The molecule has 0 fully saturated rings. The van der Waals surface area contributed by atoms with Crippen molar-refractivity contribution in [1.29, 1.82) is 0 Å². The molecule has 0 bridgehead atoms. The van der Waals surface area contributed by atoms with E-state index in [1.54, 1.807) is 6.92 Å². The molecule has 0 saturated carbocycles. The van der Waals surface area contributed by atoms with Crippen LogP contribution >= 0.6 is 0 Å². The van der Waals surface area contributed by atoms with E-state index in [-0.39, 0.29) is 5.97 Å². The summed E-state index contributed by atoms with van der Waals surface area (Å²) in [6, 6.07) is 8.48. The minimum absolute atomic E-state index is 0.310. The average Bonchev–Trinajstić information content (AvgIpc) is 2.11. The number of carbonyl (C=O) groups is 1. The zero-order chi connectivity index (χ0) is 10.6. The van der Waals surface area contributed by atoms with Gasteiger partial charge in [-0.05, 0) is 18.1 Å². The normalized spacial score (nSPS) is 12.2. The van der Waals surface area contributed by atoms with E-state index in [1.165, 1.54) is 18.1 Å². The summed E-state index contributed by atoms with van der Waals surface area (Å²) >= 11 is 0. The third kappa shape index (κ3) is 2.85. The number of ether oxygens (including phenoxy) is 1. The fraction of sp³-hybridized carbons (Fsp3) is 0.364. The van der Waals surface area contributed by atoms with E-state index in [9.17, 15) is 4.79 Å². The molecule has 0 radical (unpaired) electrons. The lowest BCUT2D eigenvalue weighted by Crippen LogP contribution is -2.12. The van der Waals surface area contributed by atoms with E-state index in [0.29, 0.717) is 6.42 Å². The second kappa shape index (κ2) is 4.77. The minimum atomic E-state index is -0.970. The Bertz CT molecular complexity index is 280. The predicted molar refractivity (Wildman–Crippen MR) is 53.5 cm³/mol. The number of aliphatic hydroxyl groups is 1. The monoisotopic (exact) mass is 194 g/mol. The van der Waals surface area contributed by atoms with Crippen LogP contribution in [0.2, 0.25) is 0 Å². The number of benzene rings is 1. The summed E-state index contributed by atoms with van der Waals surface area (Å²) in [6.45, 7) is 3.07. The zero-order valence-electron chi connectivity index (χ0n) is 8.36. The molecule has 1 N–H and O–H groups in total. The molecular weight excluding hydrogens is 180 g/mol. The molecule has 2 aliphatic rings. The molecule has 2 rings (SSSR count).